The molecule has 2 N–H and O–H groups in total. The molecular weight excluding hydrogens is 320 g/mol. The molecule has 0 aliphatic carbocycles. The number of β-amino-alcohol motifs (C(OH)–C–C–N with tert-alkyl or cyclic N) is 1. The highest BCUT2D eigenvalue weighted by Crippen LogP contribution is 2.32. The Morgan fingerprint density at radius 3 is 3.04 bits per heavy atom. The molecule has 1 aliphatic heterocycles. The van der Waals surface area contributed by atoms with E-state index in [-0.39, 0.29) is 12.5 Å². The van der Waals surface area contributed by atoms with Gasteiger partial charge in [-0.2, -0.15) is 15.4 Å². The van der Waals surface area contributed by atoms with Gasteiger partial charge in [0.1, 0.15) is 17.0 Å². The highest BCUT2D eigenvalue weighted by Gasteiger charge is 2.39. The number of rotatable bonds is 3. The largest absolute Gasteiger partial charge is 0.496 e. The zero-order chi connectivity index (χ0) is 16.4. The standard InChI is InChI=1S/C15H17ClN4O3/c1-23-12-4-3-10(16)7-11(12)14(21)20-6-2-5-15(22,9-20)13-8-17-19-18-13/h3-4,7-8,22H,2,5-6,9H2,1H3,(H,17,18,19)/t15-/m1/s1. The van der Waals surface area contributed by atoms with Crippen LogP contribution in [0.3, 0.4) is 0 Å². The van der Waals surface area contributed by atoms with Crippen molar-refractivity contribution < 1.29 is 14.6 Å². The molecule has 0 unspecified atom stereocenters. The van der Waals surface area contributed by atoms with Gasteiger partial charge in [-0.05, 0) is 31.0 Å². The minimum atomic E-state index is -1.20. The molecule has 1 fully saturated rings. The highest BCUT2D eigenvalue weighted by atomic mass is 35.5. The molecule has 2 aromatic rings. The Kier molecular flexibility index (Phi) is 4.23. The third-order valence-corrected chi connectivity index (χ3v) is 4.28. The van der Waals surface area contributed by atoms with Crippen molar-refractivity contribution in [2.45, 2.75) is 18.4 Å². The zero-order valence-corrected chi connectivity index (χ0v) is 13.4. The summed E-state index contributed by atoms with van der Waals surface area (Å²) in [6.45, 7) is 0.697. The van der Waals surface area contributed by atoms with E-state index in [9.17, 15) is 9.90 Å². The summed E-state index contributed by atoms with van der Waals surface area (Å²) in [5.74, 6) is 0.223. The number of methoxy groups -OCH3 is 1. The number of carbonyl (C=O) groups excluding carboxylic acids is 1. The molecule has 1 amide bonds. The predicted molar refractivity (Wildman–Crippen MR) is 83.4 cm³/mol. The van der Waals surface area contributed by atoms with Gasteiger partial charge in [-0.25, -0.2) is 0 Å². The summed E-state index contributed by atoms with van der Waals surface area (Å²) in [7, 11) is 1.50. The molecule has 0 bridgehead atoms. The van der Waals surface area contributed by atoms with E-state index in [4.69, 9.17) is 16.3 Å². The maximum Gasteiger partial charge on any atom is 0.257 e. The second kappa shape index (κ2) is 6.17. The monoisotopic (exact) mass is 336 g/mol. The molecule has 1 aromatic heterocycles. The summed E-state index contributed by atoms with van der Waals surface area (Å²) in [6, 6.07) is 4.90. The number of aromatic amines is 1. The fourth-order valence-corrected chi connectivity index (χ4v) is 3.03. The van der Waals surface area contributed by atoms with Crippen LogP contribution in [0.25, 0.3) is 0 Å². The van der Waals surface area contributed by atoms with Gasteiger partial charge in [-0.3, -0.25) is 4.79 Å². The van der Waals surface area contributed by atoms with E-state index in [1.807, 2.05) is 0 Å². The summed E-state index contributed by atoms with van der Waals surface area (Å²) < 4.78 is 5.24. The number of ether oxygens (including phenoxy) is 1. The maximum absolute atomic E-state index is 12.8. The van der Waals surface area contributed by atoms with Crippen LogP contribution in [-0.4, -0.2) is 51.5 Å². The zero-order valence-electron chi connectivity index (χ0n) is 12.6. The van der Waals surface area contributed by atoms with Gasteiger partial charge in [-0.1, -0.05) is 11.6 Å². The maximum atomic E-state index is 12.8. The lowest BCUT2D eigenvalue weighted by Gasteiger charge is -2.38. The number of amides is 1. The van der Waals surface area contributed by atoms with E-state index in [0.29, 0.717) is 41.4 Å². The second-order valence-electron chi connectivity index (χ2n) is 5.56. The van der Waals surface area contributed by atoms with Crippen molar-refractivity contribution in [3.05, 3.63) is 40.7 Å². The normalized spacial score (nSPS) is 21.3. The van der Waals surface area contributed by atoms with Crippen molar-refractivity contribution in [3.8, 4) is 5.75 Å². The number of piperidine rings is 1. The van der Waals surface area contributed by atoms with Crippen LogP contribution in [0.1, 0.15) is 28.9 Å². The topological polar surface area (TPSA) is 91.3 Å². The van der Waals surface area contributed by atoms with Crippen LogP contribution in [0.15, 0.2) is 24.4 Å². The van der Waals surface area contributed by atoms with E-state index in [0.717, 1.165) is 0 Å². The van der Waals surface area contributed by atoms with E-state index in [1.54, 1.807) is 23.1 Å². The van der Waals surface area contributed by atoms with Crippen LogP contribution in [0, 0.1) is 0 Å². The molecule has 7 nitrogen and oxygen atoms in total. The number of hydrogen-bond donors (Lipinski definition) is 2. The molecular formula is C15H17ClN4O3. The Hall–Kier alpha value is -2.12. The number of aromatic nitrogens is 3. The van der Waals surface area contributed by atoms with Gasteiger partial charge < -0.3 is 14.7 Å². The molecule has 8 heteroatoms. The minimum Gasteiger partial charge on any atom is -0.496 e. The molecule has 1 saturated heterocycles. The molecule has 122 valence electrons. The average molecular weight is 337 g/mol. The predicted octanol–water partition coefficient (Wildman–Crippen LogP) is 1.59. The van der Waals surface area contributed by atoms with Crippen LogP contribution in [0.4, 0.5) is 0 Å². The first-order valence-corrected chi connectivity index (χ1v) is 7.63. The molecule has 1 aromatic carbocycles. The summed E-state index contributed by atoms with van der Waals surface area (Å²) >= 11 is 6.00. The number of hydrogen-bond acceptors (Lipinski definition) is 5. The van der Waals surface area contributed by atoms with Gasteiger partial charge in [-0.15, -0.1) is 0 Å². The Morgan fingerprint density at radius 2 is 2.35 bits per heavy atom. The number of H-pyrrole nitrogens is 1. The molecule has 0 radical (unpaired) electrons. The Balaban J connectivity index is 1.87. The number of nitrogens with zero attached hydrogens (tertiary/aromatic N) is 3. The lowest BCUT2D eigenvalue weighted by atomic mass is 9.89. The van der Waals surface area contributed by atoms with Crippen molar-refractivity contribution in [3.63, 3.8) is 0 Å². The SMILES string of the molecule is COc1ccc(Cl)cc1C(=O)N1CCC[C@](O)(c2cn[nH]n2)C1. The number of benzene rings is 1. The molecule has 0 spiro atoms. The molecule has 2 heterocycles. The minimum absolute atomic E-state index is 0.147. The first kappa shape index (κ1) is 15.8. The quantitative estimate of drug-likeness (QED) is 0.888. The Labute approximate surface area is 138 Å². The van der Waals surface area contributed by atoms with Gasteiger partial charge in [0.2, 0.25) is 0 Å². The third-order valence-electron chi connectivity index (χ3n) is 4.04. The van der Waals surface area contributed by atoms with Crippen LogP contribution >= 0.6 is 11.6 Å². The van der Waals surface area contributed by atoms with Crippen molar-refractivity contribution in [1.29, 1.82) is 0 Å². The van der Waals surface area contributed by atoms with Crippen LogP contribution in [-0.2, 0) is 5.60 Å². The fraction of sp³-hybridized carbons (Fsp3) is 0.400. The van der Waals surface area contributed by atoms with Crippen LogP contribution in [0.2, 0.25) is 5.02 Å². The highest BCUT2D eigenvalue weighted by molar-refractivity contribution is 6.31. The summed E-state index contributed by atoms with van der Waals surface area (Å²) in [4.78, 5) is 14.4. The van der Waals surface area contributed by atoms with E-state index in [2.05, 4.69) is 15.4 Å². The first-order chi connectivity index (χ1) is 11.0. The molecule has 1 aliphatic rings. The van der Waals surface area contributed by atoms with E-state index < -0.39 is 5.60 Å². The molecule has 0 saturated carbocycles. The Morgan fingerprint density at radius 1 is 1.52 bits per heavy atom. The third kappa shape index (κ3) is 3.02. The fourth-order valence-electron chi connectivity index (χ4n) is 2.86. The number of likely N-dealkylation sites (tertiary alicyclic amines) is 1. The van der Waals surface area contributed by atoms with E-state index >= 15 is 0 Å². The number of carbonyl (C=O) groups is 1. The molecule has 1 atom stereocenters. The van der Waals surface area contributed by atoms with Gasteiger partial charge >= 0.3 is 0 Å². The van der Waals surface area contributed by atoms with E-state index in [1.165, 1.54) is 13.3 Å². The number of aliphatic hydroxyl groups is 1. The van der Waals surface area contributed by atoms with Gasteiger partial charge in [0, 0.05) is 11.6 Å². The Bertz CT molecular complexity index is 707. The molecule has 3 rings (SSSR count). The first-order valence-electron chi connectivity index (χ1n) is 7.25. The smallest absolute Gasteiger partial charge is 0.257 e. The van der Waals surface area contributed by atoms with Crippen molar-refractivity contribution in [2.24, 2.45) is 0 Å². The van der Waals surface area contributed by atoms with Gasteiger partial charge in [0.15, 0.2) is 0 Å². The van der Waals surface area contributed by atoms with Gasteiger partial charge in [0.05, 0.1) is 25.4 Å². The summed E-state index contributed by atoms with van der Waals surface area (Å²) in [5.41, 5.74) is -0.385. The number of halogens is 1. The lowest BCUT2D eigenvalue weighted by molar-refractivity contribution is -0.0321. The summed E-state index contributed by atoms with van der Waals surface area (Å²) in [6.07, 6.45) is 2.67. The van der Waals surface area contributed by atoms with Crippen molar-refractivity contribution in [2.75, 3.05) is 20.2 Å². The number of nitrogens with one attached hydrogen (secondary N) is 1. The van der Waals surface area contributed by atoms with Gasteiger partial charge in [0.25, 0.3) is 5.91 Å². The van der Waals surface area contributed by atoms with Crippen LogP contribution < -0.4 is 4.74 Å². The summed E-state index contributed by atoms with van der Waals surface area (Å²) in [5, 5.41) is 21.4. The lowest BCUT2D eigenvalue weighted by Crippen LogP contribution is -2.48. The molecule has 23 heavy (non-hydrogen) atoms. The average Bonchev–Trinajstić information content (AvgIpc) is 3.09. The van der Waals surface area contributed by atoms with Crippen LogP contribution in [0.5, 0.6) is 5.75 Å². The van der Waals surface area contributed by atoms with Crippen molar-refractivity contribution in [1.82, 2.24) is 20.3 Å². The second-order valence-corrected chi connectivity index (χ2v) is 6.00. The van der Waals surface area contributed by atoms with Crippen molar-refractivity contribution >= 4 is 17.5 Å².